The molecule has 0 aliphatic heterocycles. The summed E-state index contributed by atoms with van der Waals surface area (Å²) in [6, 6.07) is 20.7. The molecule has 0 spiro atoms. The van der Waals surface area contributed by atoms with Gasteiger partial charge in [0.05, 0.1) is 18.0 Å². The Morgan fingerprint density at radius 3 is 2.15 bits per heavy atom. The Morgan fingerprint density at radius 1 is 0.848 bits per heavy atom. The van der Waals surface area contributed by atoms with E-state index in [9.17, 15) is 14.4 Å². The highest BCUT2D eigenvalue weighted by molar-refractivity contribution is 6.09. The van der Waals surface area contributed by atoms with E-state index in [1.807, 2.05) is 31.2 Å². The summed E-state index contributed by atoms with van der Waals surface area (Å²) in [5.74, 6) is -0.437. The predicted molar refractivity (Wildman–Crippen MR) is 127 cm³/mol. The van der Waals surface area contributed by atoms with Crippen LogP contribution in [0.5, 0.6) is 5.75 Å². The Bertz CT molecular complexity index is 1170. The molecule has 0 aliphatic rings. The average molecular weight is 444 g/mol. The van der Waals surface area contributed by atoms with Gasteiger partial charge in [0, 0.05) is 11.6 Å². The molecule has 0 radical (unpaired) electrons. The Hall–Kier alpha value is -4.39. The Labute approximate surface area is 192 Å². The van der Waals surface area contributed by atoms with Crippen molar-refractivity contribution in [2.24, 2.45) is 0 Å². The number of rotatable bonds is 7. The van der Waals surface area contributed by atoms with Gasteiger partial charge in [0.1, 0.15) is 5.75 Å². The fraction of sp³-hybridized carbons (Fsp3) is 0.115. The molecule has 3 aromatic rings. The van der Waals surface area contributed by atoms with Crippen LogP contribution in [0.1, 0.15) is 28.4 Å². The molecule has 0 saturated carbocycles. The number of hydrogen-bond donors (Lipinski definition) is 2. The lowest BCUT2D eigenvalue weighted by Gasteiger charge is -2.12. The number of amides is 2. The highest BCUT2D eigenvalue weighted by Gasteiger charge is 2.11. The van der Waals surface area contributed by atoms with Crippen LogP contribution in [0.2, 0.25) is 0 Å². The molecule has 0 bridgehead atoms. The molecule has 33 heavy (non-hydrogen) atoms. The van der Waals surface area contributed by atoms with Gasteiger partial charge in [0.15, 0.2) is 0 Å². The number of anilines is 2. The molecule has 168 valence electrons. The Kier molecular flexibility index (Phi) is 7.96. The van der Waals surface area contributed by atoms with Crippen LogP contribution in [0.3, 0.4) is 0 Å². The summed E-state index contributed by atoms with van der Waals surface area (Å²) >= 11 is 0. The molecular formula is C26H24N2O5. The molecule has 0 unspecified atom stereocenters. The fourth-order valence-corrected chi connectivity index (χ4v) is 2.93. The van der Waals surface area contributed by atoms with Crippen molar-refractivity contribution in [2.45, 2.75) is 13.8 Å². The first-order valence-corrected chi connectivity index (χ1v) is 10.4. The van der Waals surface area contributed by atoms with E-state index in [2.05, 4.69) is 10.6 Å². The van der Waals surface area contributed by atoms with Crippen LogP contribution in [0.15, 0.2) is 78.9 Å². The summed E-state index contributed by atoms with van der Waals surface area (Å²) in [5.41, 5.74) is 3.28. The molecule has 0 atom stereocenters. The van der Waals surface area contributed by atoms with E-state index >= 15 is 0 Å². The molecule has 0 aliphatic carbocycles. The van der Waals surface area contributed by atoms with E-state index in [0.29, 0.717) is 16.9 Å². The number of carbonyl (C=O) groups is 3. The number of para-hydroxylation sites is 2. The quantitative estimate of drug-likeness (QED) is 0.288. The summed E-state index contributed by atoms with van der Waals surface area (Å²) in [4.78, 5) is 36.5. The van der Waals surface area contributed by atoms with E-state index < -0.39 is 6.16 Å². The normalized spacial score (nSPS) is 10.5. The second-order valence-electron chi connectivity index (χ2n) is 6.99. The maximum absolute atomic E-state index is 12.7. The van der Waals surface area contributed by atoms with Crippen molar-refractivity contribution < 1.29 is 23.9 Å². The van der Waals surface area contributed by atoms with Crippen LogP contribution in [0.25, 0.3) is 6.08 Å². The van der Waals surface area contributed by atoms with Gasteiger partial charge in [0.25, 0.3) is 5.91 Å². The highest BCUT2D eigenvalue weighted by Crippen LogP contribution is 2.22. The molecule has 7 nitrogen and oxygen atoms in total. The van der Waals surface area contributed by atoms with Gasteiger partial charge in [-0.15, -0.1) is 0 Å². The molecule has 3 aromatic carbocycles. The lowest BCUT2D eigenvalue weighted by atomic mass is 10.1. The molecule has 3 rings (SSSR count). The second-order valence-corrected chi connectivity index (χ2v) is 6.99. The van der Waals surface area contributed by atoms with Crippen molar-refractivity contribution in [2.75, 3.05) is 17.2 Å². The standard InChI is InChI=1S/C26H24N2O5/c1-3-32-26(31)33-21-15-12-20(13-16-21)25(30)28-23-11-7-6-10-22(23)27-24(29)17-14-19-9-5-4-8-18(19)2/h4-17H,3H2,1-2H3,(H,27,29)(H,28,30)/b17-14+. The summed E-state index contributed by atoms with van der Waals surface area (Å²) in [5, 5.41) is 5.57. The fourth-order valence-electron chi connectivity index (χ4n) is 2.93. The molecule has 0 saturated heterocycles. The summed E-state index contributed by atoms with van der Waals surface area (Å²) in [6.45, 7) is 3.85. The van der Waals surface area contributed by atoms with Gasteiger partial charge in [-0.2, -0.15) is 0 Å². The molecule has 2 amide bonds. The van der Waals surface area contributed by atoms with Gasteiger partial charge in [-0.1, -0.05) is 36.4 Å². The van der Waals surface area contributed by atoms with Crippen LogP contribution in [0.4, 0.5) is 16.2 Å². The predicted octanol–water partition coefficient (Wildman–Crippen LogP) is 5.43. The van der Waals surface area contributed by atoms with Crippen molar-refractivity contribution >= 4 is 35.4 Å². The third-order valence-corrected chi connectivity index (χ3v) is 4.62. The second kappa shape index (κ2) is 11.3. The largest absolute Gasteiger partial charge is 0.513 e. The molecular weight excluding hydrogens is 420 g/mol. The van der Waals surface area contributed by atoms with Crippen molar-refractivity contribution in [3.63, 3.8) is 0 Å². The number of benzene rings is 3. The molecule has 0 fully saturated rings. The van der Waals surface area contributed by atoms with Gasteiger partial charge in [-0.05, 0) is 67.4 Å². The first kappa shape index (κ1) is 23.3. The van der Waals surface area contributed by atoms with Gasteiger partial charge in [0.2, 0.25) is 5.91 Å². The van der Waals surface area contributed by atoms with Crippen molar-refractivity contribution in [3.05, 3.63) is 95.6 Å². The van der Waals surface area contributed by atoms with Crippen LogP contribution in [-0.4, -0.2) is 24.6 Å². The molecule has 0 heterocycles. The number of carbonyl (C=O) groups excluding carboxylic acids is 3. The molecule has 2 N–H and O–H groups in total. The zero-order chi connectivity index (χ0) is 23.6. The topological polar surface area (TPSA) is 93.7 Å². The maximum atomic E-state index is 12.7. The third-order valence-electron chi connectivity index (χ3n) is 4.62. The Balaban J connectivity index is 1.65. The monoisotopic (exact) mass is 444 g/mol. The van der Waals surface area contributed by atoms with Crippen molar-refractivity contribution in [3.8, 4) is 5.75 Å². The van der Waals surface area contributed by atoms with Crippen molar-refractivity contribution in [1.29, 1.82) is 0 Å². The van der Waals surface area contributed by atoms with Gasteiger partial charge in [-0.3, -0.25) is 9.59 Å². The van der Waals surface area contributed by atoms with Gasteiger partial charge >= 0.3 is 6.16 Å². The minimum Gasteiger partial charge on any atom is -0.434 e. The minimum absolute atomic E-state index is 0.205. The highest BCUT2D eigenvalue weighted by atomic mass is 16.7. The average Bonchev–Trinajstić information content (AvgIpc) is 2.80. The van der Waals surface area contributed by atoms with Gasteiger partial charge in [-0.25, -0.2) is 4.79 Å². The minimum atomic E-state index is -0.809. The summed E-state index contributed by atoms with van der Waals surface area (Å²) in [6.07, 6.45) is 2.38. The number of nitrogens with one attached hydrogen (secondary N) is 2. The van der Waals surface area contributed by atoms with Crippen LogP contribution in [0, 0.1) is 6.92 Å². The zero-order valence-electron chi connectivity index (χ0n) is 18.3. The van der Waals surface area contributed by atoms with E-state index in [1.54, 1.807) is 37.3 Å². The molecule has 7 heteroatoms. The van der Waals surface area contributed by atoms with Gasteiger partial charge < -0.3 is 20.1 Å². The number of ether oxygens (including phenoxy) is 2. The smallest absolute Gasteiger partial charge is 0.434 e. The van der Waals surface area contributed by atoms with E-state index in [4.69, 9.17) is 9.47 Å². The summed E-state index contributed by atoms with van der Waals surface area (Å²) in [7, 11) is 0. The first-order valence-electron chi connectivity index (χ1n) is 10.4. The van der Waals surface area contributed by atoms with E-state index in [0.717, 1.165) is 11.1 Å². The molecule has 0 aromatic heterocycles. The zero-order valence-corrected chi connectivity index (χ0v) is 18.3. The lowest BCUT2D eigenvalue weighted by Crippen LogP contribution is -2.15. The van der Waals surface area contributed by atoms with Crippen LogP contribution >= 0.6 is 0 Å². The van der Waals surface area contributed by atoms with E-state index in [1.165, 1.54) is 30.3 Å². The Morgan fingerprint density at radius 2 is 1.48 bits per heavy atom. The van der Waals surface area contributed by atoms with Crippen LogP contribution < -0.4 is 15.4 Å². The third kappa shape index (κ3) is 6.80. The summed E-state index contributed by atoms with van der Waals surface area (Å²) < 4.78 is 9.70. The lowest BCUT2D eigenvalue weighted by molar-refractivity contribution is -0.111. The number of hydrogen-bond acceptors (Lipinski definition) is 5. The SMILES string of the molecule is CCOC(=O)Oc1ccc(C(=O)Nc2ccccc2NC(=O)/C=C/c2ccccc2C)cc1. The first-order chi connectivity index (χ1) is 16.0. The van der Waals surface area contributed by atoms with Crippen molar-refractivity contribution in [1.82, 2.24) is 0 Å². The van der Waals surface area contributed by atoms with Crippen LogP contribution in [-0.2, 0) is 9.53 Å². The number of aryl methyl sites for hydroxylation is 1. The maximum Gasteiger partial charge on any atom is 0.513 e. The van der Waals surface area contributed by atoms with E-state index in [-0.39, 0.29) is 24.2 Å².